The van der Waals surface area contributed by atoms with Crippen molar-refractivity contribution in [3.63, 3.8) is 0 Å². The van der Waals surface area contributed by atoms with Crippen LogP contribution in [0.4, 0.5) is 19.0 Å². The minimum Gasteiger partial charge on any atom is -0.481 e. The first-order valence-corrected chi connectivity index (χ1v) is 13.2. The molecule has 0 unspecified atom stereocenters. The molecule has 2 aromatic carbocycles. The van der Waals surface area contributed by atoms with Gasteiger partial charge < -0.3 is 10.8 Å². The van der Waals surface area contributed by atoms with Crippen molar-refractivity contribution in [1.29, 1.82) is 0 Å². The summed E-state index contributed by atoms with van der Waals surface area (Å²) in [6.45, 7) is 1.89. The van der Waals surface area contributed by atoms with Crippen molar-refractivity contribution in [3.8, 4) is 11.3 Å². The first kappa shape index (κ1) is 25.4. The third-order valence-corrected chi connectivity index (χ3v) is 9.16. The van der Waals surface area contributed by atoms with E-state index in [-0.39, 0.29) is 11.3 Å². The van der Waals surface area contributed by atoms with Crippen molar-refractivity contribution in [2.45, 2.75) is 63.0 Å². The lowest BCUT2D eigenvalue weighted by Crippen LogP contribution is -2.48. The van der Waals surface area contributed by atoms with Crippen molar-refractivity contribution < 1.29 is 23.1 Å². The van der Waals surface area contributed by atoms with Crippen LogP contribution in [-0.4, -0.2) is 25.4 Å². The number of nitrogens with two attached hydrogens (primary N) is 1. The maximum absolute atomic E-state index is 13.2. The second-order valence-corrected chi connectivity index (χ2v) is 11.1. The Kier molecular flexibility index (Phi) is 5.75. The number of rotatable bonds is 5. The van der Waals surface area contributed by atoms with E-state index in [1.54, 1.807) is 12.3 Å². The van der Waals surface area contributed by atoms with Crippen LogP contribution in [0.2, 0.25) is 0 Å². The number of aliphatic carboxylic acids is 1. The van der Waals surface area contributed by atoms with Crippen molar-refractivity contribution in [1.82, 2.24) is 14.4 Å². The van der Waals surface area contributed by atoms with Gasteiger partial charge in [-0.2, -0.15) is 13.2 Å². The zero-order valence-corrected chi connectivity index (χ0v) is 21.5. The molecule has 3 fully saturated rings. The number of aromatic nitrogens is 3. The Balaban J connectivity index is 1.36. The highest BCUT2D eigenvalue weighted by molar-refractivity contribution is 5.85. The van der Waals surface area contributed by atoms with Gasteiger partial charge in [-0.3, -0.25) is 9.20 Å². The third kappa shape index (κ3) is 4.06. The van der Waals surface area contributed by atoms with Crippen molar-refractivity contribution in [2.75, 3.05) is 5.73 Å². The predicted molar refractivity (Wildman–Crippen MR) is 141 cm³/mol. The number of nitrogens with zero attached hydrogens (tertiary/aromatic N) is 3. The average Bonchev–Trinajstić information content (AvgIpc) is 3.35. The molecule has 9 heteroatoms. The fourth-order valence-electron chi connectivity index (χ4n) is 6.59. The van der Waals surface area contributed by atoms with E-state index in [0.717, 1.165) is 42.3 Å². The molecule has 3 aliphatic carbocycles. The molecule has 4 aromatic rings. The standard InChI is InChI=1S/C30H29F3N4O2/c1-18(21-3-2-4-22(17-21)30(31,32)33)19-5-7-20(8-6-19)23-24-25(34)35-15-16-37(24)26(36-23)28-9-12-29(13-10-28,14-11-28)27(38)39/h2-8,15-18H,9-14H2,1H3,(H2,34,35)(H,38,39)/t18-,28?,29?/m1/s1. The molecule has 2 bridgehead atoms. The molecule has 3 aliphatic rings. The highest BCUT2D eigenvalue weighted by Crippen LogP contribution is 2.58. The highest BCUT2D eigenvalue weighted by atomic mass is 19.4. The molecular formula is C30H29F3N4O2. The zero-order chi connectivity index (χ0) is 27.6. The Hall–Kier alpha value is -3.88. The topological polar surface area (TPSA) is 93.5 Å². The van der Waals surface area contributed by atoms with E-state index in [1.807, 2.05) is 41.8 Å². The van der Waals surface area contributed by atoms with Gasteiger partial charge in [0.15, 0.2) is 0 Å². The van der Waals surface area contributed by atoms with Crippen LogP contribution in [0.3, 0.4) is 0 Å². The summed E-state index contributed by atoms with van der Waals surface area (Å²) in [5.41, 5.74) is 8.57. The number of fused-ring (bicyclic) bond motifs is 4. The monoisotopic (exact) mass is 534 g/mol. The highest BCUT2D eigenvalue weighted by Gasteiger charge is 2.54. The van der Waals surface area contributed by atoms with Gasteiger partial charge in [0.1, 0.15) is 22.9 Å². The molecule has 7 rings (SSSR count). The summed E-state index contributed by atoms with van der Waals surface area (Å²) in [4.78, 5) is 21.4. The molecule has 0 spiro atoms. The normalized spacial score (nSPS) is 23.7. The van der Waals surface area contributed by atoms with Crippen LogP contribution in [0.1, 0.15) is 73.9 Å². The van der Waals surface area contributed by atoms with E-state index >= 15 is 0 Å². The number of nitrogen functional groups attached to an aromatic ring is 1. The molecule has 1 atom stereocenters. The van der Waals surface area contributed by atoms with E-state index in [1.165, 1.54) is 12.1 Å². The summed E-state index contributed by atoms with van der Waals surface area (Å²) in [5, 5.41) is 9.82. The summed E-state index contributed by atoms with van der Waals surface area (Å²) in [7, 11) is 0. The molecule has 2 heterocycles. The van der Waals surface area contributed by atoms with Crippen molar-refractivity contribution in [2.24, 2.45) is 5.41 Å². The first-order chi connectivity index (χ1) is 18.5. The molecule has 6 nitrogen and oxygen atoms in total. The molecule has 3 N–H and O–H groups in total. The molecule has 0 saturated heterocycles. The van der Waals surface area contributed by atoms with Crippen LogP contribution in [0, 0.1) is 5.41 Å². The fourth-order valence-corrected chi connectivity index (χ4v) is 6.59. The van der Waals surface area contributed by atoms with E-state index in [9.17, 15) is 23.1 Å². The Morgan fingerprint density at radius 2 is 1.69 bits per heavy atom. The zero-order valence-electron chi connectivity index (χ0n) is 21.5. The second kappa shape index (κ2) is 8.83. The molecule has 0 aliphatic heterocycles. The minimum atomic E-state index is -4.39. The number of carboxylic acid groups (broad SMARTS) is 1. The summed E-state index contributed by atoms with van der Waals surface area (Å²) < 4.78 is 41.7. The van der Waals surface area contributed by atoms with E-state index in [0.29, 0.717) is 41.9 Å². The third-order valence-electron chi connectivity index (χ3n) is 9.16. The largest absolute Gasteiger partial charge is 0.481 e. The molecule has 3 saturated carbocycles. The van der Waals surface area contributed by atoms with Crippen LogP contribution < -0.4 is 5.73 Å². The average molecular weight is 535 g/mol. The Labute approximate surface area is 223 Å². The van der Waals surface area contributed by atoms with Gasteiger partial charge in [-0.15, -0.1) is 0 Å². The Morgan fingerprint density at radius 1 is 1.03 bits per heavy atom. The number of hydrogen-bond acceptors (Lipinski definition) is 4. The minimum absolute atomic E-state index is 0.218. The first-order valence-electron chi connectivity index (χ1n) is 13.2. The van der Waals surface area contributed by atoms with Crippen LogP contribution in [0.5, 0.6) is 0 Å². The van der Waals surface area contributed by atoms with Crippen LogP contribution in [0.15, 0.2) is 60.9 Å². The second-order valence-electron chi connectivity index (χ2n) is 11.1. The smallest absolute Gasteiger partial charge is 0.416 e. The molecule has 39 heavy (non-hydrogen) atoms. The maximum atomic E-state index is 13.2. The summed E-state index contributed by atoms with van der Waals surface area (Å²) in [5.74, 6) is 0.315. The Morgan fingerprint density at radius 3 is 2.31 bits per heavy atom. The lowest BCUT2D eigenvalue weighted by Gasteiger charge is -2.50. The van der Waals surface area contributed by atoms with Gasteiger partial charge in [-0.25, -0.2) is 9.97 Å². The van der Waals surface area contributed by atoms with Crippen LogP contribution in [-0.2, 0) is 16.4 Å². The number of carbonyl (C=O) groups is 1. The number of benzene rings is 2. The number of imidazole rings is 1. The van der Waals surface area contributed by atoms with Crippen LogP contribution >= 0.6 is 0 Å². The summed E-state index contributed by atoms with van der Waals surface area (Å²) >= 11 is 0. The summed E-state index contributed by atoms with van der Waals surface area (Å²) in [6, 6.07) is 13.1. The lowest BCUT2D eigenvalue weighted by atomic mass is 9.53. The maximum Gasteiger partial charge on any atom is 0.416 e. The van der Waals surface area contributed by atoms with Gasteiger partial charge in [0.25, 0.3) is 0 Å². The molecule has 0 amide bonds. The number of carboxylic acids is 1. The van der Waals surface area contributed by atoms with Gasteiger partial charge in [0, 0.05) is 29.3 Å². The van der Waals surface area contributed by atoms with E-state index in [4.69, 9.17) is 10.7 Å². The van der Waals surface area contributed by atoms with Gasteiger partial charge in [-0.1, -0.05) is 49.4 Å². The molecule has 202 valence electrons. The fraction of sp³-hybridized carbons (Fsp3) is 0.367. The molecular weight excluding hydrogens is 505 g/mol. The van der Waals surface area contributed by atoms with Crippen molar-refractivity contribution in [3.05, 3.63) is 83.4 Å². The van der Waals surface area contributed by atoms with Gasteiger partial charge in [-0.05, 0) is 55.7 Å². The summed E-state index contributed by atoms with van der Waals surface area (Å²) in [6.07, 6.45) is 3.30. The number of anilines is 1. The van der Waals surface area contributed by atoms with E-state index in [2.05, 4.69) is 4.98 Å². The number of hydrogen-bond donors (Lipinski definition) is 2. The number of halogens is 3. The van der Waals surface area contributed by atoms with Crippen molar-refractivity contribution >= 4 is 17.3 Å². The predicted octanol–water partition coefficient (Wildman–Crippen LogP) is 6.83. The Bertz CT molecular complexity index is 1550. The van der Waals surface area contributed by atoms with Gasteiger partial charge >= 0.3 is 12.1 Å². The number of alkyl halides is 3. The SMILES string of the molecule is C[C@H](c1ccc(-c2nc(C34CCC(C(=O)O)(CC3)CC4)n3ccnc(N)c23)cc1)c1cccc(C(F)(F)F)c1. The van der Waals surface area contributed by atoms with E-state index < -0.39 is 23.1 Å². The van der Waals surface area contributed by atoms with Crippen LogP contribution in [0.25, 0.3) is 16.8 Å². The van der Waals surface area contributed by atoms with Gasteiger partial charge in [0.05, 0.1) is 11.0 Å². The molecule has 2 aromatic heterocycles. The molecule has 0 radical (unpaired) electrons. The quantitative estimate of drug-likeness (QED) is 0.293. The lowest BCUT2D eigenvalue weighted by molar-refractivity contribution is -0.156. The van der Waals surface area contributed by atoms with Gasteiger partial charge in [0.2, 0.25) is 0 Å².